The molecule has 8 heteroatoms. The smallest absolute Gasteiger partial charge is 0.417 e. The first kappa shape index (κ1) is 15.9. The molecule has 2 aromatic rings. The first-order valence-electron chi connectivity index (χ1n) is 6.84. The summed E-state index contributed by atoms with van der Waals surface area (Å²) in [5.74, 6) is 0.372. The minimum Gasteiger partial charge on any atom is -0.454 e. The van der Waals surface area contributed by atoms with Crippen LogP contribution in [0.4, 0.5) is 13.2 Å². The third-order valence-corrected chi connectivity index (χ3v) is 3.27. The Morgan fingerprint density at radius 2 is 1.88 bits per heavy atom. The van der Waals surface area contributed by atoms with E-state index in [1.54, 1.807) is 6.07 Å². The average molecular weight is 336 g/mol. The molecule has 124 valence electrons. The van der Waals surface area contributed by atoms with Gasteiger partial charge in [0.05, 0.1) is 11.8 Å². The molecule has 1 heterocycles. The predicted molar refractivity (Wildman–Crippen MR) is 79.1 cm³/mol. The molecule has 1 aliphatic heterocycles. The second kappa shape index (κ2) is 6.23. The van der Waals surface area contributed by atoms with E-state index in [2.05, 4.69) is 10.5 Å². The Morgan fingerprint density at radius 3 is 2.67 bits per heavy atom. The van der Waals surface area contributed by atoms with E-state index >= 15 is 0 Å². The normalized spacial score (nSPS) is 13.3. The predicted octanol–water partition coefficient (Wildman–Crippen LogP) is 3.20. The molecule has 1 amide bonds. The number of benzene rings is 2. The fourth-order valence-electron chi connectivity index (χ4n) is 2.13. The molecule has 0 bridgehead atoms. The van der Waals surface area contributed by atoms with Crippen LogP contribution < -0.4 is 14.9 Å². The zero-order valence-electron chi connectivity index (χ0n) is 12.1. The van der Waals surface area contributed by atoms with Gasteiger partial charge in [-0.05, 0) is 24.3 Å². The Kier molecular flexibility index (Phi) is 4.11. The molecule has 1 N–H and O–H groups in total. The number of fused-ring (bicyclic) bond motifs is 1. The Balaban J connectivity index is 1.72. The Morgan fingerprint density at radius 1 is 1.12 bits per heavy atom. The van der Waals surface area contributed by atoms with E-state index < -0.39 is 17.6 Å². The van der Waals surface area contributed by atoms with Crippen LogP contribution in [-0.2, 0) is 6.18 Å². The van der Waals surface area contributed by atoms with Gasteiger partial charge in [-0.1, -0.05) is 18.2 Å². The van der Waals surface area contributed by atoms with Gasteiger partial charge in [-0.15, -0.1) is 0 Å². The van der Waals surface area contributed by atoms with Crippen molar-refractivity contribution < 1.29 is 27.4 Å². The molecule has 0 unspecified atom stereocenters. The van der Waals surface area contributed by atoms with Crippen LogP contribution in [0, 0.1) is 0 Å². The van der Waals surface area contributed by atoms with Crippen molar-refractivity contribution >= 4 is 12.1 Å². The minimum atomic E-state index is -4.50. The number of rotatable bonds is 3. The lowest BCUT2D eigenvalue weighted by molar-refractivity contribution is -0.137. The number of ether oxygens (including phenoxy) is 2. The highest BCUT2D eigenvalue weighted by molar-refractivity contribution is 5.95. The second-order valence-electron chi connectivity index (χ2n) is 4.85. The summed E-state index contributed by atoms with van der Waals surface area (Å²) in [5.41, 5.74) is 1.46. The molecule has 3 rings (SSSR count). The zero-order chi connectivity index (χ0) is 17.2. The molecule has 0 aromatic heterocycles. The van der Waals surface area contributed by atoms with Gasteiger partial charge in [-0.25, -0.2) is 5.43 Å². The standard InChI is InChI=1S/C16H11F3N2O3/c17-16(18,19)12-4-2-1-3-11(12)8-20-21-15(22)10-5-6-13-14(7-10)24-9-23-13/h1-8H,9H2,(H,21,22)/b20-8+. The monoisotopic (exact) mass is 336 g/mol. The average Bonchev–Trinajstić information content (AvgIpc) is 3.01. The highest BCUT2D eigenvalue weighted by Crippen LogP contribution is 2.32. The summed E-state index contributed by atoms with van der Waals surface area (Å²) in [6.45, 7) is 0.0762. The van der Waals surface area contributed by atoms with Gasteiger partial charge in [0, 0.05) is 11.1 Å². The Labute approximate surface area is 134 Å². The number of carbonyl (C=O) groups is 1. The van der Waals surface area contributed by atoms with Crippen molar-refractivity contribution in [2.75, 3.05) is 6.79 Å². The molecule has 0 atom stereocenters. The van der Waals surface area contributed by atoms with Gasteiger partial charge < -0.3 is 9.47 Å². The van der Waals surface area contributed by atoms with Crippen LogP contribution in [0.2, 0.25) is 0 Å². The summed E-state index contributed by atoms with van der Waals surface area (Å²) in [5, 5.41) is 3.59. The number of hydrazone groups is 1. The van der Waals surface area contributed by atoms with Crippen molar-refractivity contribution in [1.82, 2.24) is 5.43 Å². The van der Waals surface area contributed by atoms with Crippen molar-refractivity contribution in [3.05, 3.63) is 59.2 Å². The van der Waals surface area contributed by atoms with Crippen LogP contribution in [-0.4, -0.2) is 18.9 Å². The maximum absolute atomic E-state index is 12.9. The summed E-state index contributed by atoms with van der Waals surface area (Å²) in [6, 6.07) is 9.49. The van der Waals surface area contributed by atoms with Gasteiger partial charge in [0.1, 0.15) is 0 Å². The summed E-state index contributed by atoms with van der Waals surface area (Å²) < 4.78 is 48.8. The molecule has 0 aliphatic carbocycles. The van der Waals surface area contributed by atoms with E-state index in [1.165, 1.54) is 30.3 Å². The molecule has 0 radical (unpaired) electrons. The molecular weight excluding hydrogens is 325 g/mol. The van der Waals surface area contributed by atoms with Gasteiger partial charge >= 0.3 is 6.18 Å². The number of nitrogens with zero attached hydrogens (tertiary/aromatic N) is 1. The molecule has 24 heavy (non-hydrogen) atoms. The molecule has 0 spiro atoms. The zero-order valence-corrected chi connectivity index (χ0v) is 12.1. The first-order valence-corrected chi connectivity index (χ1v) is 6.84. The summed E-state index contributed by atoms with van der Waals surface area (Å²) in [6.07, 6.45) is -3.54. The topological polar surface area (TPSA) is 59.9 Å². The van der Waals surface area contributed by atoms with E-state index in [0.717, 1.165) is 12.3 Å². The van der Waals surface area contributed by atoms with Crippen LogP contribution in [0.15, 0.2) is 47.6 Å². The van der Waals surface area contributed by atoms with E-state index in [1.807, 2.05) is 0 Å². The molecule has 0 saturated carbocycles. The summed E-state index contributed by atoms with van der Waals surface area (Å²) >= 11 is 0. The molecule has 2 aromatic carbocycles. The Bertz CT molecular complexity index is 803. The lowest BCUT2D eigenvalue weighted by Crippen LogP contribution is -2.18. The van der Waals surface area contributed by atoms with Crippen molar-refractivity contribution in [2.45, 2.75) is 6.18 Å². The highest BCUT2D eigenvalue weighted by Gasteiger charge is 2.32. The van der Waals surface area contributed by atoms with E-state index in [4.69, 9.17) is 9.47 Å². The number of hydrogen-bond acceptors (Lipinski definition) is 4. The molecule has 0 fully saturated rings. The Hall–Kier alpha value is -3.03. The maximum atomic E-state index is 12.9. The third kappa shape index (κ3) is 3.32. The van der Waals surface area contributed by atoms with Crippen LogP contribution in [0.1, 0.15) is 21.5 Å². The minimum absolute atomic E-state index is 0.0762. The second-order valence-corrected chi connectivity index (χ2v) is 4.85. The fourth-order valence-corrected chi connectivity index (χ4v) is 2.13. The SMILES string of the molecule is O=C(N/N=C/c1ccccc1C(F)(F)F)c1ccc2c(c1)OCO2. The van der Waals surface area contributed by atoms with Crippen LogP contribution in [0.3, 0.4) is 0 Å². The van der Waals surface area contributed by atoms with Crippen LogP contribution >= 0.6 is 0 Å². The summed E-state index contributed by atoms with van der Waals surface area (Å²) in [4.78, 5) is 12.0. The van der Waals surface area contributed by atoms with Crippen molar-refractivity contribution in [3.8, 4) is 11.5 Å². The number of amides is 1. The van der Waals surface area contributed by atoms with Gasteiger partial charge in [0.2, 0.25) is 6.79 Å². The lowest BCUT2D eigenvalue weighted by Gasteiger charge is -2.09. The van der Waals surface area contributed by atoms with Gasteiger partial charge in [0.25, 0.3) is 5.91 Å². The van der Waals surface area contributed by atoms with E-state index in [9.17, 15) is 18.0 Å². The summed E-state index contributed by atoms with van der Waals surface area (Å²) in [7, 11) is 0. The first-order chi connectivity index (χ1) is 11.4. The number of nitrogens with one attached hydrogen (secondary N) is 1. The molecule has 0 saturated heterocycles. The quantitative estimate of drug-likeness (QED) is 0.692. The van der Waals surface area contributed by atoms with Crippen molar-refractivity contribution in [2.24, 2.45) is 5.10 Å². The lowest BCUT2D eigenvalue weighted by atomic mass is 10.1. The largest absolute Gasteiger partial charge is 0.454 e. The number of carbonyl (C=O) groups excluding carboxylic acids is 1. The highest BCUT2D eigenvalue weighted by atomic mass is 19.4. The van der Waals surface area contributed by atoms with Gasteiger partial charge in [-0.2, -0.15) is 18.3 Å². The van der Waals surface area contributed by atoms with E-state index in [0.29, 0.717) is 11.5 Å². The van der Waals surface area contributed by atoms with Gasteiger partial charge in [0.15, 0.2) is 11.5 Å². The molecular formula is C16H11F3N2O3. The number of alkyl halides is 3. The van der Waals surface area contributed by atoms with E-state index in [-0.39, 0.29) is 17.9 Å². The third-order valence-electron chi connectivity index (χ3n) is 3.27. The van der Waals surface area contributed by atoms with Crippen molar-refractivity contribution in [1.29, 1.82) is 0 Å². The number of halogens is 3. The number of hydrogen-bond donors (Lipinski definition) is 1. The van der Waals surface area contributed by atoms with Crippen LogP contribution in [0.25, 0.3) is 0 Å². The van der Waals surface area contributed by atoms with Gasteiger partial charge in [-0.3, -0.25) is 4.79 Å². The molecule has 5 nitrogen and oxygen atoms in total. The fraction of sp³-hybridized carbons (Fsp3) is 0.125. The van der Waals surface area contributed by atoms with Crippen molar-refractivity contribution in [3.63, 3.8) is 0 Å². The molecule has 1 aliphatic rings. The maximum Gasteiger partial charge on any atom is 0.417 e. The van der Waals surface area contributed by atoms with Crippen LogP contribution in [0.5, 0.6) is 11.5 Å².